The van der Waals surface area contributed by atoms with Crippen LogP contribution in [-0.4, -0.2) is 10.2 Å². The van der Waals surface area contributed by atoms with Gasteiger partial charge in [-0.3, -0.25) is 0 Å². The fraction of sp³-hybridized carbons (Fsp3) is 0.0588. The van der Waals surface area contributed by atoms with E-state index >= 15 is 0 Å². The first kappa shape index (κ1) is 12.5. The average molecular weight is 266 g/mol. The maximum Gasteiger partial charge on any atom is 0.135 e. The Kier molecular flexibility index (Phi) is 3.27. The Bertz CT molecular complexity index is 750. The molecule has 3 aromatic rings. The molecule has 3 aromatic carbocycles. The van der Waals surface area contributed by atoms with E-state index in [4.69, 9.17) is 4.74 Å². The van der Waals surface area contributed by atoms with E-state index in [9.17, 15) is 10.2 Å². The minimum Gasteiger partial charge on any atom is -0.508 e. The molecule has 20 heavy (non-hydrogen) atoms. The highest BCUT2D eigenvalue weighted by molar-refractivity contribution is 5.89. The highest BCUT2D eigenvalue weighted by atomic mass is 16.5. The van der Waals surface area contributed by atoms with Crippen LogP contribution in [0.2, 0.25) is 0 Å². The van der Waals surface area contributed by atoms with Gasteiger partial charge in [-0.1, -0.05) is 30.3 Å². The molecule has 0 aliphatic carbocycles. The van der Waals surface area contributed by atoms with Gasteiger partial charge >= 0.3 is 0 Å². The number of ether oxygens (including phenoxy) is 1. The van der Waals surface area contributed by atoms with Crippen molar-refractivity contribution in [1.82, 2.24) is 0 Å². The molecule has 3 nitrogen and oxygen atoms in total. The zero-order valence-corrected chi connectivity index (χ0v) is 10.8. The standard InChI is InChI=1S/C17H14O3/c18-11-12-7-8-16-13(9-12)3-1-6-17(16)20-15-5-2-4-14(19)10-15/h1-10,18-19H,11H2. The molecule has 0 saturated heterocycles. The fourth-order valence-electron chi connectivity index (χ4n) is 2.16. The van der Waals surface area contributed by atoms with E-state index in [1.54, 1.807) is 24.3 Å². The predicted molar refractivity (Wildman–Crippen MR) is 78.1 cm³/mol. The van der Waals surface area contributed by atoms with Gasteiger partial charge in [0.25, 0.3) is 0 Å². The van der Waals surface area contributed by atoms with Gasteiger partial charge in [-0.05, 0) is 35.2 Å². The Labute approximate surface area is 116 Å². The molecule has 0 amide bonds. The Hall–Kier alpha value is -2.52. The van der Waals surface area contributed by atoms with Crippen molar-refractivity contribution in [3.63, 3.8) is 0 Å². The first-order chi connectivity index (χ1) is 9.76. The Balaban J connectivity index is 2.03. The minimum atomic E-state index is 0.0214. The molecule has 3 rings (SSSR count). The van der Waals surface area contributed by atoms with Crippen LogP contribution < -0.4 is 4.74 Å². The monoisotopic (exact) mass is 266 g/mol. The van der Waals surface area contributed by atoms with Crippen molar-refractivity contribution in [1.29, 1.82) is 0 Å². The van der Waals surface area contributed by atoms with Crippen LogP contribution in [0.1, 0.15) is 5.56 Å². The number of hydrogen-bond donors (Lipinski definition) is 2. The quantitative estimate of drug-likeness (QED) is 0.757. The van der Waals surface area contributed by atoms with Gasteiger partial charge in [0.05, 0.1) is 6.61 Å². The Morgan fingerprint density at radius 1 is 0.900 bits per heavy atom. The van der Waals surface area contributed by atoms with Crippen molar-refractivity contribution < 1.29 is 14.9 Å². The average Bonchev–Trinajstić information content (AvgIpc) is 2.47. The SMILES string of the molecule is OCc1ccc2c(Oc3cccc(O)c3)cccc2c1. The lowest BCUT2D eigenvalue weighted by molar-refractivity contribution is 0.282. The number of fused-ring (bicyclic) bond motifs is 1. The lowest BCUT2D eigenvalue weighted by atomic mass is 10.1. The molecule has 0 radical (unpaired) electrons. The largest absolute Gasteiger partial charge is 0.508 e. The van der Waals surface area contributed by atoms with Crippen molar-refractivity contribution in [3.8, 4) is 17.2 Å². The van der Waals surface area contributed by atoms with E-state index in [0.29, 0.717) is 5.75 Å². The van der Waals surface area contributed by atoms with E-state index in [0.717, 1.165) is 22.1 Å². The third-order valence-electron chi connectivity index (χ3n) is 3.13. The van der Waals surface area contributed by atoms with Crippen LogP contribution in [0.15, 0.2) is 60.7 Å². The molecular weight excluding hydrogens is 252 g/mol. The summed E-state index contributed by atoms with van der Waals surface area (Å²) in [7, 11) is 0. The summed E-state index contributed by atoms with van der Waals surface area (Å²) in [6.07, 6.45) is 0. The Morgan fingerprint density at radius 3 is 2.55 bits per heavy atom. The van der Waals surface area contributed by atoms with Crippen molar-refractivity contribution >= 4 is 10.8 Å². The van der Waals surface area contributed by atoms with Crippen molar-refractivity contribution in [2.45, 2.75) is 6.61 Å². The Morgan fingerprint density at radius 2 is 1.75 bits per heavy atom. The number of phenols is 1. The first-order valence-electron chi connectivity index (χ1n) is 6.36. The van der Waals surface area contributed by atoms with E-state index in [-0.39, 0.29) is 12.4 Å². The van der Waals surface area contributed by atoms with Crippen LogP contribution in [-0.2, 0) is 6.61 Å². The normalized spacial score (nSPS) is 10.7. The molecule has 100 valence electrons. The van der Waals surface area contributed by atoms with E-state index < -0.39 is 0 Å². The second-order valence-electron chi connectivity index (χ2n) is 4.57. The van der Waals surface area contributed by atoms with E-state index in [1.165, 1.54) is 0 Å². The summed E-state index contributed by atoms with van der Waals surface area (Å²) in [5, 5.41) is 20.6. The minimum absolute atomic E-state index is 0.0214. The van der Waals surface area contributed by atoms with Crippen LogP contribution in [0, 0.1) is 0 Å². The number of benzene rings is 3. The number of hydrogen-bond acceptors (Lipinski definition) is 3. The van der Waals surface area contributed by atoms with Gasteiger partial charge < -0.3 is 14.9 Å². The molecule has 2 N–H and O–H groups in total. The molecule has 0 aromatic heterocycles. The van der Waals surface area contributed by atoms with Crippen LogP contribution in [0.4, 0.5) is 0 Å². The van der Waals surface area contributed by atoms with Gasteiger partial charge in [0.15, 0.2) is 0 Å². The van der Waals surface area contributed by atoms with Crippen LogP contribution >= 0.6 is 0 Å². The lowest BCUT2D eigenvalue weighted by Gasteiger charge is -2.10. The fourth-order valence-corrected chi connectivity index (χ4v) is 2.16. The summed E-state index contributed by atoms with van der Waals surface area (Å²) in [4.78, 5) is 0. The summed E-state index contributed by atoms with van der Waals surface area (Å²) in [5.74, 6) is 1.48. The summed E-state index contributed by atoms with van der Waals surface area (Å²) < 4.78 is 5.82. The second kappa shape index (κ2) is 5.23. The van der Waals surface area contributed by atoms with E-state index in [1.807, 2.05) is 36.4 Å². The van der Waals surface area contributed by atoms with Gasteiger partial charge in [0, 0.05) is 11.5 Å². The molecule has 0 spiro atoms. The number of aliphatic hydroxyl groups excluding tert-OH is 1. The first-order valence-corrected chi connectivity index (χ1v) is 6.36. The second-order valence-corrected chi connectivity index (χ2v) is 4.57. The summed E-state index contributed by atoms with van der Waals surface area (Å²) in [6, 6.07) is 18.2. The van der Waals surface area contributed by atoms with Crippen LogP contribution in [0.5, 0.6) is 17.2 Å². The summed E-state index contributed by atoms with van der Waals surface area (Å²) in [5.41, 5.74) is 0.868. The molecule has 0 bridgehead atoms. The third-order valence-corrected chi connectivity index (χ3v) is 3.13. The zero-order valence-electron chi connectivity index (χ0n) is 10.8. The maximum atomic E-state index is 9.46. The number of aliphatic hydroxyl groups is 1. The maximum absolute atomic E-state index is 9.46. The topological polar surface area (TPSA) is 49.7 Å². The molecular formula is C17H14O3. The smallest absolute Gasteiger partial charge is 0.135 e. The summed E-state index contributed by atoms with van der Waals surface area (Å²) >= 11 is 0. The van der Waals surface area contributed by atoms with E-state index in [2.05, 4.69) is 0 Å². The van der Waals surface area contributed by atoms with Crippen molar-refractivity contribution in [2.75, 3.05) is 0 Å². The number of aromatic hydroxyl groups is 1. The van der Waals surface area contributed by atoms with Crippen LogP contribution in [0.3, 0.4) is 0 Å². The predicted octanol–water partition coefficient (Wildman–Crippen LogP) is 3.83. The van der Waals surface area contributed by atoms with Crippen molar-refractivity contribution in [2.24, 2.45) is 0 Å². The van der Waals surface area contributed by atoms with Gasteiger partial charge in [-0.15, -0.1) is 0 Å². The lowest BCUT2D eigenvalue weighted by Crippen LogP contribution is -1.87. The molecule has 0 fully saturated rings. The van der Waals surface area contributed by atoms with Gasteiger partial charge in [-0.25, -0.2) is 0 Å². The van der Waals surface area contributed by atoms with Gasteiger partial charge in [0.1, 0.15) is 17.2 Å². The van der Waals surface area contributed by atoms with Crippen molar-refractivity contribution in [3.05, 3.63) is 66.2 Å². The van der Waals surface area contributed by atoms with Crippen LogP contribution in [0.25, 0.3) is 10.8 Å². The van der Waals surface area contributed by atoms with Gasteiger partial charge in [0.2, 0.25) is 0 Å². The summed E-state index contributed by atoms with van der Waals surface area (Å²) in [6.45, 7) is 0.0214. The third kappa shape index (κ3) is 2.44. The molecule has 0 aliphatic rings. The number of rotatable bonds is 3. The molecule has 0 unspecified atom stereocenters. The van der Waals surface area contributed by atoms with Gasteiger partial charge in [-0.2, -0.15) is 0 Å². The zero-order chi connectivity index (χ0) is 13.9. The molecule has 0 aliphatic heterocycles. The molecule has 0 heterocycles. The highest BCUT2D eigenvalue weighted by Crippen LogP contribution is 2.31. The number of phenolic OH excluding ortho intramolecular Hbond substituents is 1. The molecule has 3 heteroatoms. The highest BCUT2D eigenvalue weighted by Gasteiger charge is 2.04. The molecule has 0 atom stereocenters. The molecule has 0 saturated carbocycles.